The number of nitrogens with zero attached hydrogens (tertiary/aromatic N) is 1. The molecule has 0 amide bonds. The van der Waals surface area contributed by atoms with Crippen LogP contribution in [0, 0.1) is 17.0 Å². The Labute approximate surface area is 114 Å². The molecule has 0 saturated carbocycles. The van der Waals surface area contributed by atoms with E-state index in [1.807, 2.05) is 0 Å². The summed E-state index contributed by atoms with van der Waals surface area (Å²) in [6.45, 7) is 0.732. The van der Waals surface area contributed by atoms with Crippen LogP contribution in [-0.2, 0) is 4.74 Å². The summed E-state index contributed by atoms with van der Waals surface area (Å²) < 4.78 is 4.52. The minimum atomic E-state index is -1.55. The van der Waals surface area contributed by atoms with Crippen LogP contribution in [0.15, 0.2) is 12.1 Å². The van der Waals surface area contributed by atoms with Gasteiger partial charge in [-0.2, -0.15) is 0 Å². The van der Waals surface area contributed by atoms with Gasteiger partial charge in [0.2, 0.25) is 0 Å². The van der Waals surface area contributed by atoms with Gasteiger partial charge in [-0.25, -0.2) is 4.79 Å². The zero-order valence-electron chi connectivity index (χ0n) is 10.9. The predicted octanol–water partition coefficient (Wildman–Crippen LogP) is 0.0764. The van der Waals surface area contributed by atoms with E-state index < -0.39 is 35.4 Å². The van der Waals surface area contributed by atoms with Crippen molar-refractivity contribution in [1.29, 1.82) is 0 Å². The average Bonchev–Trinajstić information content (AvgIpc) is 2.44. The van der Waals surface area contributed by atoms with Crippen molar-refractivity contribution in [1.82, 2.24) is 0 Å². The maximum absolute atomic E-state index is 11.6. The summed E-state index contributed by atoms with van der Waals surface area (Å²) in [5.41, 5.74) is -0.278. The van der Waals surface area contributed by atoms with Crippen LogP contribution in [0.2, 0.25) is 0 Å². The molecule has 0 spiro atoms. The third kappa shape index (κ3) is 3.10. The second-order valence-corrected chi connectivity index (χ2v) is 4.15. The summed E-state index contributed by atoms with van der Waals surface area (Å²) in [6, 6.07) is 2.08. The Kier molecular flexibility index (Phi) is 5.14. The molecule has 0 aliphatic rings. The van der Waals surface area contributed by atoms with E-state index in [-0.39, 0.29) is 16.7 Å². The Balaban J connectivity index is 3.46. The number of hydrogen-bond acceptors (Lipinski definition) is 7. The number of nitro groups is 1. The lowest BCUT2D eigenvalue weighted by molar-refractivity contribution is -0.385. The van der Waals surface area contributed by atoms with Crippen LogP contribution >= 0.6 is 0 Å². The molecule has 0 radical (unpaired) electrons. The van der Waals surface area contributed by atoms with Gasteiger partial charge in [0, 0.05) is 12.1 Å². The molecule has 0 aliphatic heterocycles. The Bertz CT molecular complexity index is 529. The van der Waals surface area contributed by atoms with E-state index in [0.717, 1.165) is 19.2 Å². The number of carbonyl (C=O) groups excluding carboxylic acids is 1. The monoisotopic (exact) mass is 285 g/mol. The van der Waals surface area contributed by atoms with E-state index >= 15 is 0 Å². The van der Waals surface area contributed by atoms with Crippen molar-refractivity contribution < 1.29 is 29.8 Å². The number of benzene rings is 1. The van der Waals surface area contributed by atoms with Crippen molar-refractivity contribution in [3.8, 4) is 0 Å². The molecule has 0 bridgehead atoms. The lowest BCUT2D eigenvalue weighted by Gasteiger charge is -2.19. The molecule has 8 nitrogen and oxygen atoms in total. The van der Waals surface area contributed by atoms with Crippen LogP contribution in [-0.4, -0.2) is 46.0 Å². The highest BCUT2D eigenvalue weighted by molar-refractivity contribution is 5.92. The predicted molar refractivity (Wildman–Crippen MR) is 67.2 cm³/mol. The van der Waals surface area contributed by atoms with Gasteiger partial charge in [0.1, 0.15) is 12.2 Å². The number of carbonyl (C=O) groups is 1. The highest BCUT2D eigenvalue weighted by atomic mass is 16.6. The van der Waals surface area contributed by atoms with Gasteiger partial charge in [-0.15, -0.1) is 0 Å². The Morgan fingerprint density at radius 2 is 2.05 bits per heavy atom. The first-order valence-corrected chi connectivity index (χ1v) is 5.67. The van der Waals surface area contributed by atoms with Gasteiger partial charge < -0.3 is 20.1 Å². The number of nitro benzene ring substituents is 1. The van der Waals surface area contributed by atoms with Crippen molar-refractivity contribution >= 4 is 11.7 Å². The summed E-state index contributed by atoms with van der Waals surface area (Å²) >= 11 is 0. The summed E-state index contributed by atoms with van der Waals surface area (Å²) in [5.74, 6) is -0.793. The molecular weight excluding hydrogens is 270 g/mol. The number of aliphatic hydroxyl groups is 3. The topological polar surface area (TPSA) is 130 Å². The highest BCUT2D eigenvalue weighted by Gasteiger charge is 2.26. The summed E-state index contributed by atoms with van der Waals surface area (Å²) in [5, 5.41) is 39.0. The molecule has 0 saturated heterocycles. The largest absolute Gasteiger partial charge is 0.465 e. The normalized spacial score (nSPS) is 13.7. The van der Waals surface area contributed by atoms with E-state index in [1.54, 1.807) is 0 Å². The van der Waals surface area contributed by atoms with Gasteiger partial charge in [-0.1, -0.05) is 0 Å². The van der Waals surface area contributed by atoms with E-state index in [2.05, 4.69) is 4.74 Å². The summed E-state index contributed by atoms with van der Waals surface area (Å²) in [6.07, 6.45) is -3.07. The number of non-ortho nitro benzene ring substituents is 1. The van der Waals surface area contributed by atoms with Gasteiger partial charge in [0.15, 0.2) is 0 Å². The summed E-state index contributed by atoms with van der Waals surface area (Å²) in [4.78, 5) is 21.7. The highest BCUT2D eigenvalue weighted by Crippen LogP contribution is 2.29. The van der Waals surface area contributed by atoms with Crippen LogP contribution < -0.4 is 0 Å². The molecule has 0 heterocycles. The quantitative estimate of drug-likeness (QED) is 0.396. The third-order valence-corrected chi connectivity index (χ3v) is 2.92. The fourth-order valence-corrected chi connectivity index (χ4v) is 1.76. The van der Waals surface area contributed by atoms with Gasteiger partial charge in [0.05, 0.1) is 24.2 Å². The molecule has 110 valence electrons. The van der Waals surface area contributed by atoms with Crippen LogP contribution in [0.25, 0.3) is 0 Å². The molecule has 2 unspecified atom stereocenters. The van der Waals surface area contributed by atoms with Gasteiger partial charge in [-0.3, -0.25) is 10.1 Å². The summed E-state index contributed by atoms with van der Waals surface area (Å²) in [7, 11) is 1.12. The molecule has 0 aromatic heterocycles. The van der Waals surface area contributed by atoms with Crippen LogP contribution in [0.5, 0.6) is 0 Å². The Morgan fingerprint density at radius 3 is 2.50 bits per heavy atom. The third-order valence-electron chi connectivity index (χ3n) is 2.92. The second kappa shape index (κ2) is 6.42. The van der Waals surface area contributed by atoms with E-state index in [0.29, 0.717) is 0 Å². The first kappa shape index (κ1) is 16.0. The molecule has 0 fully saturated rings. The molecule has 0 aliphatic carbocycles. The lowest BCUT2D eigenvalue weighted by atomic mass is 9.95. The number of methoxy groups -OCH3 is 1. The molecule has 3 N–H and O–H groups in total. The van der Waals surface area contributed by atoms with Crippen LogP contribution in [0.1, 0.15) is 27.6 Å². The van der Waals surface area contributed by atoms with Gasteiger partial charge in [0.25, 0.3) is 5.69 Å². The first-order valence-electron chi connectivity index (χ1n) is 5.67. The van der Waals surface area contributed by atoms with Crippen molar-refractivity contribution in [2.45, 2.75) is 19.1 Å². The standard InChI is InChI=1S/C12H15NO7/c1-6-8(11(16)10(15)5-14)3-7(13(18)19)4-9(6)12(17)20-2/h3-4,10-11,14-16H,5H2,1-2H3. The van der Waals surface area contributed by atoms with Crippen LogP contribution in [0.3, 0.4) is 0 Å². The zero-order chi connectivity index (χ0) is 15.4. The van der Waals surface area contributed by atoms with Crippen molar-refractivity contribution in [2.24, 2.45) is 0 Å². The fourth-order valence-electron chi connectivity index (χ4n) is 1.76. The average molecular weight is 285 g/mol. The van der Waals surface area contributed by atoms with E-state index in [9.17, 15) is 25.1 Å². The maximum Gasteiger partial charge on any atom is 0.338 e. The zero-order valence-corrected chi connectivity index (χ0v) is 10.9. The molecule has 20 heavy (non-hydrogen) atoms. The molecule has 2 atom stereocenters. The van der Waals surface area contributed by atoms with Crippen molar-refractivity contribution in [3.63, 3.8) is 0 Å². The molecule has 1 aromatic rings. The molecular formula is C12H15NO7. The van der Waals surface area contributed by atoms with E-state index in [4.69, 9.17) is 5.11 Å². The molecule has 8 heteroatoms. The van der Waals surface area contributed by atoms with Gasteiger partial charge in [-0.05, 0) is 18.1 Å². The minimum Gasteiger partial charge on any atom is -0.465 e. The Morgan fingerprint density at radius 1 is 1.45 bits per heavy atom. The number of hydrogen-bond donors (Lipinski definition) is 3. The van der Waals surface area contributed by atoms with E-state index in [1.165, 1.54) is 6.92 Å². The number of aliphatic hydroxyl groups excluding tert-OH is 3. The molecule has 1 rings (SSSR count). The van der Waals surface area contributed by atoms with Crippen molar-refractivity contribution in [3.05, 3.63) is 38.9 Å². The van der Waals surface area contributed by atoms with Gasteiger partial charge >= 0.3 is 5.97 Å². The second-order valence-electron chi connectivity index (χ2n) is 4.15. The SMILES string of the molecule is COC(=O)c1cc([N+](=O)[O-])cc(C(O)C(O)CO)c1C. The fraction of sp³-hybridized carbons (Fsp3) is 0.417. The van der Waals surface area contributed by atoms with Crippen LogP contribution in [0.4, 0.5) is 5.69 Å². The van der Waals surface area contributed by atoms with Crippen molar-refractivity contribution in [2.75, 3.05) is 13.7 Å². The smallest absolute Gasteiger partial charge is 0.338 e. The number of rotatable bonds is 5. The number of ether oxygens (including phenoxy) is 1. The Hall–Kier alpha value is -2.03. The minimum absolute atomic E-state index is 0.0128. The first-order chi connectivity index (χ1) is 9.33. The number of esters is 1. The maximum atomic E-state index is 11.6. The molecule has 1 aromatic carbocycles. The lowest BCUT2D eigenvalue weighted by Crippen LogP contribution is -2.23.